The summed E-state index contributed by atoms with van der Waals surface area (Å²) in [6.07, 6.45) is 0. The van der Waals surface area contributed by atoms with Crippen molar-refractivity contribution in [2.75, 3.05) is 0 Å². The Bertz CT molecular complexity index is 705. The minimum absolute atomic E-state index is 0.572. The molecule has 0 fully saturated rings. The number of thiophene rings is 1. The normalized spacial score (nSPS) is 11.1. The third-order valence-electron chi connectivity index (χ3n) is 3.35. The Balaban J connectivity index is 1.65. The van der Waals surface area contributed by atoms with E-state index in [-0.39, 0.29) is 0 Å². The molecule has 102 valence electrons. The Morgan fingerprint density at radius 3 is 2.70 bits per heavy atom. The predicted octanol–water partition coefficient (Wildman–Crippen LogP) is 4.93. The van der Waals surface area contributed by atoms with Crippen molar-refractivity contribution < 1.29 is 0 Å². The third kappa shape index (κ3) is 3.04. The molecule has 3 aromatic rings. The summed E-state index contributed by atoms with van der Waals surface area (Å²) in [7, 11) is 0. The van der Waals surface area contributed by atoms with Crippen molar-refractivity contribution in [3.8, 4) is 0 Å². The van der Waals surface area contributed by atoms with Crippen molar-refractivity contribution >= 4 is 33.0 Å². The van der Waals surface area contributed by atoms with Gasteiger partial charge in [-0.25, -0.2) is 0 Å². The van der Waals surface area contributed by atoms with E-state index in [1.165, 1.54) is 26.8 Å². The highest BCUT2D eigenvalue weighted by Gasteiger charge is 2.02. The molecule has 0 bridgehead atoms. The van der Waals surface area contributed by atoms with Crippen LogP contribution in [0.5, 0.6) is 0 Å². The van der Waals surface area contributed by atoms with E-state index in [0.717, 1.165) is 13.1 Å². The first-order valence-electron chi connectivity index (χ1n) is 6.66. The smallest absolute Gasteiger partial charge is 0.0474 e. The summed E-state index contributed by atoms with van der Waals surface area (Å²) >= 11 is 7.67. The molecule has 0 aliphatic carbocycles. The zero-order valence-corrected chi connectivity index (χ0v) is 12.7. The molecule has 1 aromatic heterocycles. The van der Waals surface area contributed by atoms with Gasteiger partial charge in [0.15, 0.2) is 0 Å². The topological polar surface area (TPSA) is 12.0 Å². The van der Waals surface area contributed by atoms with Crippen LogP contribution in [-0.4, -0.2) is 0 Å². The van der Waals surface area contributed by atoms with Crippen LogP contribution >= 0.6 is 22.9 Å². The lowest BCUT2D eigenvalue weighted by atomic mass is 10.1. The monoisotopic (exact) mass is 301 g/mol. The van der Waals surface area contributed by atoms with Crippen LogP contribution in [0.2, 0.25) is 0 Å². The van der Waals surface area contributed by atoms with Gasteiger partial charge in [0.25, 0.3) is 0 Å². The lowest BCUT2D eigenvalue weighted by molar-refractivity contribution is 0.697. The first kappa shape index (κ1) is 13.6. The molecule has 1 heterocycles. The van der Waals surface area contributed by atoms with Gasteiger partial charge in [0.05, 0.1) is 0 Å². The van der Waals surface area contributed by atoms with E-state index < -0.39 is 0 Å². The SMILES string of the molecule is ClCc1cccc(CNCc2csc3ccccc23)c1. The van der Waals surface area contributed by atoms with Crippen LogP contribution in [0.3, 0.4) is 0 Å². The second kappa shape index (κ2) is 6.40. The highest BCUT2D eigenvalue weighted by Crippen LogP contribution is 2.25. The highest BCUT2D eigenvalue weighted by atomic mass is 35.5. The molecule has 0 radical (unpaired) electrons. The lowest BCUT2D eigenvalue weighted by Gasteiger charge is -2.06. The quantitative estimate of drug-likeness (QED) is 0.659. The Morgan fingerprint density at radius 1 is 0.950 bits per heavy atom. The van der Waals surface area contributed by atoms with Gasteiger partial charge in [-0.3, -0.25) is 0 Å². The van der Waals surface area contributed by atoms with Gasteiger partial charge in [0.2, 0.25) is 0 Å². The van der Waals surface area contributed by atoms with E-state index in [4.69, 9.17) is 11.6 Å². The number of rotatable bonds is 5. The zero-order valence-electron chi connectivity index (χ0n) is 11.1. The standard InChI is InChI=1S/C17H16ClNS/c18-9-13-4-3-5-14(8-13)10-19-11-15-12-20-17-7-2-1-6-16(15)17/h1-8,12,19H,9-11H2. The summed E-state index contributed by atoms with van der Waals surface area (Å²) in [6.45, 7) is 1.77. The van der Waals surface area contributed by atoms with Crippen molar-refractivity contribution in [3.63, 3.8) is 0 Å². The molecule has 0 saturated carbocycles. The molecule has 20 heavy (non-hydrogen) atoms. The van der Waals surface area contributed by atoms with Crippen LogP contribution in [0, 0.1) is 0 Å². The van der Waals surface area contributed by atoms with Crippen molar-refractivity contribution in [2.45, 2.75) is 19.0 Å². The van der Waals surface area contributed by atoms with Gasteiger partial charge in [-0.2, -0.15) is 0 Å². The largest absolute Gasteiger partial charge is 0.309 e. The first-order valence-corrected chi connectivity index (χ1v) is 8.08. The van der Waals surface area contributed by atoms with Crippen LogP contribution in [0.4, 0.5) is 0 Å². The molecular formula is C17H16ClNS. The summed E-state index contributed by atoms with van der Waals surface area (Å²) in [6, 6.07) is 17.0. The number of fused-ring (bicyclic) bond motifs is 1. The summed E-state index contributed by atoms with van der Waals surface area (Å²) in [5, 5.41) is 7.11. The fourth-order valence-electron chi connectivity index (χ4n) is 2.33. The molecule has 0 amide bonds. The Morgan fingerprint density at radius 2 is 1.80 bits per heavy atom. The predicted molar refractivity (Wildman–Crippen MR) is 88.4 cm³/mol. The lowest BCUT2D eigenvalue weighted by Crippen LogP contribution is -2.12. The molecule has 0 aliphatic rings. The molecular weight excluding hydrogens is 286 g/mol. The Kier molecular flexibility index (Phi) is 4.36. The van der Waals surface area contributed by atoms with Crippen molar-refractivity contribution in [1.29, 1.82) is 0 Å². The van der Waals surface area contributed by atoms with E-state index in [9.17, 15) is 0 Å². The maximum Gasteiger partial charge on any atom is 0.0474 e. The fraction of sp³-hybridized carbons (Fsp3) is 0.176. The zero-order chi connectivity index (χ0) is 13.8. The van der Waals surface area contributed by atoms with Crippen molar-refractivity contribution in [3.05, 3.63) is 70.6 Å². The molecule has 0 unspecified atom stereocenters. The summed E-state index contributed by atoms with van der Waals surface area (Å²) in [4.78, 5) is 0. The van der Waals surface area contributed by atoms with Gasteiger partial charge in [-0.15, -0.1) is 22.9 Å². The number of hydrogen-bond donors (Lipinski definition) is 1. The van der Waals surface area contributed by atoms with Crippen molar-refractivity contribution in [1.82, 2.24) is 5.32 Å². The van der Waals surface area contributed by atoms with E-state index in [1.807, 2.05) is 11.3 Å². The Labute approximate surface area is 128 Å². The van der Waals surface area contributed by atoms with Crippen LogP contribution in [-0.2, 0) is 19.0 Å². The van der Waals surface area contributed by atoms with Gasteiger partial charge < -0.3 is 5.32 Å². The number of benzene rings is 2. The second-order valence-electron chi connectivity index (χ2n) is 4.81. The van der Waals surface area contributed by atoms with Crippen LogP contribution in [0.15, 0.2) is 53.9 Å². The minimum Gasteiger partial charge on any atom is -0.309 e. The molecule has 2 aromatic carbocycles. The number of halogens is 1. The molecule has 0 spiro atoms. The average molecular weight is 302 g/mol. The fourth-order valence-corrected chi connectivity index (χ4v) is 3.46. The molecule has 3 rings (SSSR count). The summed E-state index contributed by atoms with van der Waals surface area (Å²) in [5.41, 5.74) is 3.83. The van der Waals surface area contributed by atoms with Crippen LogP contribution in [0.25, 0.3) is 10.1 Å². The number of nitrogens with one attached hydrogen (secondary N) is 1. The van der Waals surface area contributed by atoms with E-state index in [1.54, 1.807) is 0 Å². The van der Waals surface area contributed by atoms with E-state index >= 15 is 0 Å². The average Bonchev–Trinajstić information content (AvgIpc) is 2.91. The molecule has 0 saturated heterocycles. The van der Waals surface area contributed by atoms with Gasteiger partial charge >= 0.3 is 0 Å². The van der Waals surface area contributed by atoms with Gasteiger partial charge in [-0.05, 0) is 33.5 Å². The number of alkyl halides is 1. The summed E-state index contributed by atoms with van der Waals surface area (Å²) < 4.78 is 1.36. The second-order valence-corrected chi connectivity index (χ2v) is 5.99. The Hall–Kier alpha value is -1.35. The van der Waals surface area contributed by atoms with Crippen LogP contribution < -0.4 is 5.32 Å². The van der Waals surface area contributed by atoms with Gasteiger partial charge in [0.1, 0.15) is 0 Å². The van der Waals surface area contributed by atoms with Gasteiger partial charge in [-0.1, -0.05) is 42.5 Å². The number of hydrogen-bond acceptors (Lipinski definition) is 2. The molecule has 3 heteroatoms. The third-order valence-corrected chi connectivity index (χ3v) is 4.67. The van der Waals surface area contributed by atoms with Gasteiger partial charge in [0, 0.05) is 23.7 Å². The molecule has 1 N–H and O–H groups in total. The molecule has 0 atom stereocenters. The molecule has 0 aliphatic heterocycles. The maximum atomic E-state index is 5.86. The van der Waals surface area contributed by atoms with E-state index in [2.05, 4.69) is 59.2 Å². The first-order chi connectivity index (χ1) is 9.86. The summed E-state index contributed by atoms with van der Waals surface area (Å²) in [5.74, 6) is 0.572. The van der Waals surface area contributed by atoms with Crippen LogP contribution in [0.1, 0.15) is 16.7 Å². The minimum atomic E-state index is 0.572. The van der Waals surface area contributed by atoms with E-state index in [0.29, 0.717) is 5.88 Å². The highest BCUT2D eigenvalue weighted by molar-refractivity contribution is 7.17. The maximum absolute atomic E-state index is 5.86. The molecule has 1 nitrogen and oxygen atoms in total. The van der Waals surface area contributed by atoms with Crippen molar-refractivity contribution in [2.24, 2.45) is 0 Å².